The maximum Gasteiger partial charge on any atom is 0.273 e. The van der Waals surface area contributed by atoms with Crippen LogP contribution in [0.5, 0.6) is 0 Å². The highest BCUT2D eigenvalue weighted by atomic mass is 79.9. The number of halogens is 1. The van der Waals surface area contributed by atoms with Crippen LogP contribution in [0.25, 0.3) is 5.78 Å². The number of aromatic nitrogens is 5. The van der Waals surface area contributed by atoms with Crippen LogP contribution in [0.2, 0.25) is 0 Å². The number of fused-ring (bicyclic) bond motifs is 1. The van der Waals surface area contributed by atoms with Crippen LogP contribution in [0.1, 0.15) is 0 Å². The molecule has 0 aromatic carbocycles. The molecule has 2 aromatic heterocycles. The molecule has 2 heterocycles. The lowest BCUT2D eigenvalue weighted by atomic mass is 10.7. The Hall–Kier alpha value is -1.04. The van der Waals surface area contributed by atoms with E-state index in [0.717, 1.165) is 4.47 Å². The van der Waals surface area contributed by atoms with Gasteiger partial charge in [0.05, 0.1) is 10.7 Å². The van der Waals surface area contributed by atoms with E-state index in [1.165, 1.54) is 4.52 Å². The second-order valence-electron chi connectivity index (χ2n) is 1.70. The minimum atomic E-state index is 0.503. The topological polar surface area (TPSA) is 56.0 Å². The molecule has 0 N–H and O–H groups in total. The predicted molar refractivity (Wildman–Crippen MR) is 36.3 cm³/mol. The summed E-state index contributed by atoms with van der Waals surface area (Å²) in [7, 11) is 0. The summed E-state index contributed by atoms with van der Waals surface area (Å²) in [6.07, 6.45) is 3.38. The standard InChI is InChI=1S/C4H2BrN5/c5-3-1-6-4-7-8-9-10(4)2-3/h1-2H. The van der Waals surface area contributed by atoms with Crippen molar-refractivity contribution in [2.24, 2.45) is 0 Å². The first-order valence-corrected chi connectivity index (χ1v) is 3.35. The molecule has 0 aliphatic carbocycles. The highest BCUT2D eigenvalue weighted by Gasteiger charge is 1.95. The van der Waals surface area contributed by atoms with E-state index in [1.807, 2.05) is 0 Å². The Morgan fingerprint density at radius 3 is 3.30 bits per heavy atom. The van der Waals surface area contributed by atoms with Gasteiger partial charge in [0.25, 0.3) is 5.78 Å². The van der Waals surface area contributed by atoms with Gasteiger partial charge in [0, 0.05) is 6.20 Å². The zero-order chi connectivity index (χ0) is 6.97. The van der Waals surface area contributed by atoms with Crippen LogP contribution in [0.3, 0.4) is 0 Å². The smallest absolute Gasteiger partial charge is 0.217 e. The maximum atomic E-state index is 3.92. The Kier molecular flexibility index (Phi) is 1.13. The summed E-state index contributed by atoms with van der Waals surface area (Å²) in [5.74, 6) is 0.503. The Bertz CT molecular complexity index is 355. The largest absolute Gasteiger partial charge is 0.273 e. The van der Waals surface area contributed by atoms with Crippen molar-refractivity contribution < 1.29 is 0 Å². The molecule has 0 amide bonds. The van der Waals surface area contributed by atoms with E-state index in [-0.39, 0.29) is 0 Å². The average molecular weight is 200 g/mol. The van der Waals surface area contributed by atoms with Gasteiger partial charge in [0.2, 0.25) is 0 Å². The van der Waals surface area contributed by atoms with Gasteiger partial charge in [-0.3, -0.25) is 0 Å². The number of hydrogen-bond donors (Lipinski definition) is 0. The van der Waals surface area contributed by atoms with Gasteiger partial charge >= 0.3 is 0 Å². The third-order valence-electron chi connectivity index (χ3n) is 1.02. The van der Waals surface area contributed by atoms with Crippen LogP contribution < -0.4 is 0 Å². The van der Waals surface area contributed by atoms with Gasteiger partial charge in [-0.1, -0.05) is 5.10 Å². The summed E-state index contributed by atoms with van der Waals surface area (Å²) in [6, 6.07) is 0. The van der Waals surface area contributed by atoms with E-state index in [1.54, 1.807) is 12.4 Å². The van der Waals surface area contributed by atoms with Gasteiger partial charge in [-0.15, -0.1) is 0 Å². The van der Waals surface area contributed by atoms with Crippen molar-refractivity contribution in [1.29, 1.82) is 0 Å². The fraction of sp³-hybridized carbons (Fsp3) is 0. The monoisotopic (exact) mass is 199 g/mol. The van der Waals surface area contributed by atoms with Gasteiger partial charge in [0.15, 0.2) is 0 Å². The second kappa shape index (κ2) is 1.98. The van der Waals surface area contributed by atoms with E-state index in [2.05, 4.69) is 36.4 Å². The molecule has 0 aliphatic heterocycles. The van der Waals surface area contributed by atoms with E-state index in [0.29, 0.717) is 5.78 Å². The van der Waals surface area contributed by atoms with Crippen molar-refractivity contribution >= 4 is 21.7 Å². The SMILES string of the molecule is Brc1cnc2nnnn2c1. The van der Waals surface area contributed by atoms with E-state index >= 15 is 0 Å². The van der Waals surface area contributed by atoms with Crippen LogP contribution in [-0.4, -0.2) is 25.0 Å². The van der Waals surface area contributed by atoms with Crippen LogP contribution in [0.4, 0.5) is 0 Å². The Morgan fingerprint density at radius 2 is 2.40 bits per heavy atom. The highest BCUT2D eigenvalue weighted by molar-refractivity contribution is 9.10. The van der Waals surface area contributed by atoms with Crippen molar-refractivity contribution in [3.05, 3.63) is 16.9 Å². The molecule has 0 fully saturated rings. The van der Waals surface area contributed by atoms with Crippen molar-refractivity contribution in [1.82, 2.24) is 25.0 Å². The molecular weight excluding hydrogens is 198 g/mol. The van der Waals surface area contributed by atoms with E-state index < -0.39 is 0 Å². The molecule has 5 nitrogen and oxygen atoms in total. The van der Waals surface area contributed by atoms with E-state index in [4.69, 9.17) is 0 Å². The minimum absolute atomic E-state index is 0.503. The molecular formula is C4H2BrN5. The Morgan fingerprint density at radius 1 is 1.50 bits per heavy atom. The van der Waals surface area contributed by atoms with Gasteiger partial charge in [0.1, 0.15) is 0 Å². The quantitative estimate of drug-likeness (QED) is 0.612. The summed E-state index contributed by atoms with van der Waals surface area (Å²) in [5, 5.41) is 10.7. The molecule has 10 heavy (non-hydrogen) atoms. The molecule has 0 aliphatic rings. The predicted octanol–water partition coefficient (Wildman–Crippen LogP) is 0.282. The lowest BCUT2D eigenvalue weighted by molar-refractivity contribution is 0.818. The summed E-state index contributed by atoms with van der Waals surface area (Å²) in [6.45, 7) is 0. The molecule has 50 valence electrons. The molecule has 0 unspecified atom stereocenters. The first-order valence-electron chi connectivity index (χ1n) is 2.55. The summed E-state index contributed by atoms with van der Waals surface area (Å²) in [5.41, 5.74) is 0. The van der Waals surface area contributed by atoms with Crippen molar-refractivity contribution in [3.63, 3.8) is 0 Å². The van der Waals surface area contributed by atoms with E-state index in [9.17, 15) is 0 Å². The van der Waals surface area contributed by atoms with Gasteiger partial charge in [-0.2, -0.15) is 4.52 Å². The Balaban J connectivity index is 2.86. The fourth-order valence-electron chi connectivity index (χ4n) is 0.627. The number of tetrazole rings is 1. The molecule has 2 rings (SSSR count). The fourth-order valence-corrected chi connectivity index (χ4v) is 0.923. The molecule has 0 radical (unpaired) electrons. The molecule has 6 heteroatoms. The lowest BCUT2D eigenvalue weighted by Crippen LogP contribution is -1.88. The summed E-state index contributed by atoms with van der Waals surface area (Å²) in [4.78, 5) is 3.92. The van der Waals surface area contributed by atoms with Crippen LogP contribution in [0, 0.1) is 0 Å². The van der Waals surface area contributed by atoms with Gasteiger partial charge in [-0.05, 0) is 26.4 Å². The minimum Gasteiger partial charge on any atom is -0.217 e. The molecule has 0 atom stereocenters. The second-order valence-corrected chi connectivity index (χ2v) is 2.61. The highest BCUT2D eigenvalue weighted by Crippen LogP contribution is 2.05. The van der Waals surface area contributed by atoms with Crippen LogP contribution >= 0.6 is 15.9 Å². The van der Waals surface area contributed by atoms with Gasteiger partial charge in [-0.25, -0.2) is 4.98 Å². The maximum absolute atomic E-state index is 3.92. The zero-order valence-corrected chi connectivity index (χ0v) is 6.35. The molecule has 0 saturated carbocycles. The van der Waals surface area contributed by atoms with Crippen molar-refractivity contribution in [3.8, 4) is 0 Å². The zero-order valence-electron chi connectivity index (χ0n) is 4.77. The molecule has 2 aromatic rings. The average Bonchev–Trinajstić information content (AvgIpc) is 2.33. The normalized spacial score (nSPS) is 10.5. The van der Waals surface area contributed by atoms with Crippen LogP contribution in [0.15, 0.2) is 16.9 Å². The third-order valence-corrected chi connectivity index (χ3v) is 1.43. The van der Waals surface area contributed by atoms with Gasteiger partial charge < -0.3 is 0 Å². The molecule has 0 saturated heterocycles. The van der Waals surface area contributed by atoms with Crippen molar-refractivity contribution in [2.75, 3.05) is 0 Å². The summed E-state index contributed by atoms with van der Waals surface area (Å²) < 4.78 is 2.34. The van der Waals surface area contributed by atoms with Crippen molar-refractivity contribution in [2.45, 2.75) is 0 Å². The van der Waals surface area contributed by atoms with Crippen LogP contribution in [-0.2, 0) is 0 Å². The Labute approximate surface area is 64.2 Å². The lowest BCUT2D eigenvalue weighted by Gasteiger charge is -1.87. The number of nitrogens with zero attached hydrogens (tertiary/aromatic N) is 5. The third kappa shape index (κ3) is 0.766. The molecule has 0 spiro atoms. The summed E-state index contributed by atoms with van der Waals surface area (Å²) >= 11 is 3.24. The number of hydrogen-bond acceptors (Lipinski definition) is 4. The first kappa shape index (κ1) is 5.72. The molecule has 0 bridgehead atoms. The number of rotatable bonds is 0. The first-order chi connectivity index (χ1) is 4.86.